The first-order valence-electron chi connectivity index (χ1n) is 11.2. The molecule has 5 heteroatoms. The topological polar surface area (TPSA) is 74.6 Å². The van der Waals surface area contributed by atoms with Crippen LogP contribution in [0.4, 0.5) is 0 Å². The van der Waals surface area contributed by atoms with Crippen molar-refractivity contribution in [3.8, 4) is 0 Å². The van der Waals surface area contributed by atoms with Gasteiger partial charge in [0.15, 0.2) is 0 Å². The second-order valence-electron chi connectivity index (χ2n) is 7.92. The number of unbranched alkanes of at least 4 members (excludes halogenated alkanes) is 5. The van der Waals surface area contributed by atoms with Gasteiger partial charge in [-0.2, -0.15) is 11.8 Å². The van der Waals surface area contributed by atoms with Crippen LogP contribution in [-0.4, -0.2) is 33.7 Å². The lowest BCUT2D eigenvalue weighted by molar-refractivity contribution is -0.138. The zero-order valence-electron chi connectivity index (χ0n) is 18.2. The van der Waals surface area contributed by atoms with Crippen molar-refractivity contribution in [3.63, 3.8) is 0 Å². The van der Waals surface area contributed by atoms with Crippen molar-refractivity contribution in [2.24, 2.45) is 0 Å². The van der Waals surface area contributed by atoms with Crippen LogP contribution in [-0.2, 0) is 22.4 Å². The maximum atomic E-state index is 11.8. The molecule has 0 aliphatic rings. The van der Waals surface area contributed by atoms with Gasteiger partial charge in [0.2, 0.25) is 0 Å². The Morgan fingerprint density at radius 3 is 2.06 bits per heavy atom. The van der Waals surface area contributed by atoms with E-state index in [9.17, 15) is 14.7 Å². The SMILES string of the molecule is O=C(O)CCSCC(C(=O)O)c1ccccc1CCCCCCCCc1ccccc1. The summed E-state index contributed by atoms with van der Waals surface area (Å²) in [6.07, 6.45) is 9.26. The van der Waals surface area contributed by atoms with Gasteiger partial charge >= 0.3 is 11.9 Å². The first-order chi connectivity index (χ1) is 15.1. The second-order valence-corrected chi connectivity index (χ2v) is 9.07. The van der Waals surface area contributed by atoms with Gasteiger partial charge in [0.1, 0.15) is 0 Å². The van der Waals surface area contributed by atoms with Gasteiger partial charge in [-0.25, -0.2) is 0 Å². The van der Waals surface area contributed by atoms with Crippen LogP contribution in [0.1, 0.15) is 67.6 Å². The van der Waals surface area contributed by atoms with E-state index in [0.29, 0.717) is 11.5 Å². The number of carboxylic acid groups (broad SMARTS) is 2. The highest BCUT2D eigenvalue weighted by atomic mass is 32.2. The Hall–Kier alpha value is -2.27. The number of hydrogen-bond donors (Lipinski definition) is 2. The van der Waals surface area contributed by atoms with Gasteiger partial charge in [-0.3, -0.25) is 9.59 Å². The average molecular weight is 443 g/mol. The highest BCUT2D eigenvalue weighted by Crippen LogP contribution is 2.26. The number of aryl methyl sites for hydroxylation is 2. The van der Waals surface area contributed by atoms with Crippen LogP contribution < -0.4 is 0 Å². The molecule has 0 saturated carbocycles. The Kier molecular flexibility index (Phi) is 11.8. The number of hydrogen-bond acceptors (Lipinski definition) is 3. The Labute approximate surface area is 190 Å². The van der Waals surface area contributed by atoms with Crippen molar-refractivity contribution in [1.29, 1.82) is 0 Å². The standard InChI is InChI=1S/C26H34O4S/c27-25(28)18-19-31-20-24(26(29)30)23-17-11-10-16-22(23)15-9-4-2-1-3-6-12-21-13-7-5-8-14-21/h5,7-8,10-11,13-14,16-17,24H,1-4,6,9,12,15,18-20H2,(H,27,28)(H,29,30). The fourth-order valence-corrected chi connectivity index (χ4v) is 4.80. The molecule has 0 fully saturated rings. The molecule has 1 atom stereocenters. The third-order valence-electron chi connectivity index (χ3n) is 5.48. The summed E-state index contributed by atoms with van der Waals surface area (Å²) in [5.41, 5.74) is 3.40. The minimum Gasteiger partial charge on any atom is -0.481 e. The van der Waals surface area contributed by atoms with Crippen molar-refractivity contribution in [1.82, 2.24) is 0 Å². The maximum absolute atomic E-state index is 11.8. The molecule has 2 rings (SSSR count). The van der Waals surface area contributed by atoms with Crippen LogP contribution in [0.3, 0.4) is 0 Å². The van der Waals surface area contributed by atoms with Gasteiger partial charge in [-0.15, -0.1) is 0 Å². The van der Waals surface area contributed by atoms with Crippen molar-refractivity contribution < 1.29 is 19.8 Å². The summed E-state index contributed by atoms with van der Waals surface area (Å²) >= 11 is 1.40. The first-order valence-corrected chi connectivity index (χ1v) is 12.4. The number of aliphatic carboxylic acids is 2. The Balaban J connectivity index is 1.71. The fraction of sp³-hybridized carbons (Fsp3) is 0.462. The molecule has 0 bridgehead atoms. The molecule has 0 spiro atoms. The first kappa shape index (κ1) is 25.0. The highest BCUT2D eigenvalue weighted by Gasteiger charge is 2.22. The summed E-state index contributed by atoms with van der Waals surface area (Å²) in [5.74, 6) is -1.44. The van der Waals surface area contributed by atoms with Crippen LogP contribution in [0.15, 0.2) is 54.6 Å². The molecular formula is C26H34O4S. The normalized spacial score (nSPS) is 11.9. The highest BCUT2D eigenvalue weighted by molar-refractivity contribution is 7.99. The van der Waals surface area contributed by atoms with Crippen molar-refractivity contribution in [3.05, 3.63) is 71.3 Å². The number of thioether (sulfide) groups is 1. The largest absolute Gasteiger partial charge is 0.481 e. The van der Waals surface area contributed by atoms with Crippen molar-refractivity contribution in [2.75, 3.05) is 11.5 Å². The van der Waals surface area contributed by atoms with Crippen LogP contribution >= 0.6 is 11.8 Å². The quantitative estimate of drug-likeness (QED) is 0.303. The predicted molar refractivity (Wildman–Crippen MR) is 128 cm³/mol. The van der Waals surface area contributed by atoms with E-state index in [4.69, 9.17) is 5.11 Å². The second kappa shape index (κ2) is 14.7. The molecule has 0 aromatic heterocycles. The number of rotatable bonds is 16. The molecular weight excluding hydrogens is 408 g/mol. The fourth-order valence-electron chi connectivity index (χ4n) is 3.75. The third kappa shape index (κ3) is 10.1. The molecule has 2 N–H and O–H groups in total. The van der Waals surface area contributed by atoms with Gasteiger partial charge in [0.05, 0.1) is 12.3 Å². The summed E-state index contributed by atoms with van der Waals surface area (Å²) in [6, 6.07) is 18.4. The molecule has 0 aliphatic carbocycles. The van der Waals surface area contributed by atoms with E-state index in [-0.39, 0.29) is 6.42 Å². The van der Waals surface area contributed by atoms with E-state index in [1.807, 2.05) is 24.3 Å². The van der Waals surface area contributed by atoms with E-state index in [2.05, 4.69) is 30.3 Å². The molecule has 1 unspecified atom stereocenters. The lowest BCUT2D eigenvalue weighted by Gasteiger charge is -2.17. The van der Waals surface area contributed by atoms with Crippen molar-refractivity contribution in [2.45, 2.75) is 63.7 Å². The minimum absolute atomic E-state index is 0.0595. The molecule has 0 heterocycles. The van der Waals surface area contributed by atoms with Crippen LogP contribution in [0, 0.1) is 0 Å². The number of benzene rings is 2. The summed E-state index contributed by atoms with van der Waals surface area (Å²) in [4.78, 5) is 22.5. The minimum atomic E-state index is -0.847. The zero-order valence-corrected chi connectivity index (χ0v) is 19.0. The van der Waals surface area contributed by atoms with Gasteiger partial charge in [-0.1, -0.05) is 80.3 Å². The molecule has 168 valence electrons. The molecule has 4 nitrogen and oxygen atoms in total. The molecule has 0 amide bonds. The Morgan fingerprint density at radius 1 is 0.774 bits per heavy atom. The van der Waals surface area contributed by atoms with Gasteiger partial charge in [0.25, 0.3) is 0 Å². The summed E-state index contributed by atoms with van der Waals surface area (Å²) in [6.45, 7) is 0. The summed E-state index contributed by atoms with van der Waals surface area (Å²) in [5, 5.41) is 18.5. The van der Waals surface area contributed by atoms with E-state index < -0.39 is 17.9 Å². The molecule has 0 saturated heterocycles. The Bertz CT molecular complexity index is 791. The zero-order chi connectivity index (χ0) is 22.3. The van der Waals surface area contributed by atoms with Crippen LogP contribution in [0.25, 0.3) is 0 Å². The number of carbonyl (C=O) groups is 2. The van der Waals surface area contributed by atoms with E-state index >= 15 is 0 Å². The number of carboxylic acids is 2. The molecule has 2 aromatic carbocycles. The Morgan fingerprint density at radius 2 is 1.39 bits per heavy atom. The summed E-state index contributed by atoms with van der Waals surface area (Å²) in [7, 11) is 0. The van der Waals surface area contributed by atoms with E-state index in [0.717, 1.165) is 36.8 Å². The van der Waals surface area contributed by atoms with Gasteiger partial charge in [-0.05, 0) is 42.4 Å². The maximum Gasteiger partial charge on any atom is 0.311 e. The van der Waals surface area contributed by atoms with Gasteiger partial charge in [0, 0.05) is 11.5 Å². The summed E-state index contributed by atoms with van der Waals surface area (Å²) < 4.78 is 0. The van der Waals surface area contributed by atoms with Crippen LogP contribution in [0.2, 0.25) is 0 Å². The molecule has 0 radical (unpaired) electrons. The van der Waals surface area contributed by atoms with Crippen LogP contribution in [0.5, 0.6) is 0 Å². The van der Waals surface area contributed by atoms with Crippen molar-refractivity contribution >= 4 is 23.7 Å². The molecule has 0 aliphatic heterocycles. The molecule has 2 aromatic rings. The van der Waals surface area contributed by atoms with Gasteiger partial charge < -0.3 is 10.2 Å². The lowest BCUT2D eigenvalue weighted by atomic mass is 9.92. The van der Waals surface area contributed by atoms with E-state index in [1.165, 1.54) is 43.0 Å². The predicted octanol–water partition coefficient (Wildman–Crippen LogP) is 6.19. The smallest absolute Gasteiger partial charge is 0.311 e. The average Bonchev–Trinajstić information content (AvgIpc) is 2.76. The molecule has 31 heavy (non-hydrogen) atoms. The lowest BCUT2D eigenvalue weighted by Crippen LogP contribution is -2.16. The third-order valence-corrected chi connectivity index (χ3v) is 6.54. The van der Waals surface area contributed by atoms with E-state index in [1.54, 1.807) is 0 Å². The monoisotopic (exact) mass is 442 g/mol.